The fourth-order valence-electron chi connectivity index (χ4n) is 2.64. The minimum Gasteiger partial charge on any atom is -0.273 e. The van der Waals surface area contributed by atoms with Crippen LogP contribution in [0.1, 0.15) is 49.7 Å². The number of halogens is 4. The Bertz CT molecular complexity index is 880. The van der Waals surface area contributed by atoms with Gasteiger partial charge in [-0.3, -0.25) is 9.59 Å². The maximum absolute atomic E-state index is 13.6. The Morgan fingerprint density at radius 3 is 1.53 bits per heavy atom. The van der Waals surface area contributed by atoms with Crippen molar-refractivity contribution in [3.05, 3.63) is 69.2 Å². The Kier molecular flexibility index (Phi) is 10.8. The molecule has 0 bridgehead atoms. The largest absolute Gasteiger partial charge is 0.273 e. The summed E-state index contributed by atoms with van der Waals surface area (Å²) in [6.45, 7) is 0. The molecular weight excluding hydrogens is 461 g/mol. The SMILES string of the molecule is O=C(CCCCCCC(=O)NN=Cc1c(F)cccc1Cl)NN=Cc1c(F)cccc1Cl. The molecule has 32 heavy (non-hydrogen) atoms. The number of carbonyl (C=O) groups is 2. The lowest BCUT2D eigenvalue weighted by Crippen LogP contribution is -2.17. The number of amides is 2. The van der Waals surface area contributed by atoms with Crippen LogP contribution in [0, 0.1) is 11.6 Å². The molecule has 0 aromatic heterocycles. The molecule has 0 saturated carbocycles. The van der Waals surface area contributed by atoms with Crippen molar-refractivity contribution in [2.75, 3.05) is 0 Å². The molecule has 0 aliphatic rings. The number of unbranched alkanes of at least 4 members (excludes halogenated alkanes) is 3. The number of nitrogens with zero attached hydrogens (tertiary/aromatic N) is 2. The molecule has 2 amide bonds. The van der Waals surface area contributed by atoms with Crippen LogP contribution in [0.15, 0.2) is 46.6 Å². The van der Waals surface area contributed by atoms with Gasteiger partial charge in [-0.05, 0) is 37.1 Å². The van der Waals surface area contributed by atoms with Crippen LogP contribution in [0.25, 0.3) is 0 Å². The van der Waals surface area contributed by atoms with Gasteiger partial charge >= 0.3 is 0 Å². The molecular formula is C22H22Cl2F2N4O2. The van der Waals surface area contributed by atoms with E-state index in [0.717, 1.165) is 25.3 Å². The van der Waals surface area contributed by atoms with Crippen molar-refractivity contribution in [3.63, 3.8) is 0 Å². The van der Waals surface area contributed by atoms with Crippen LogP contribution in [-0.4, -0.2) is 24.2 Å². The summed E-state index contributed by atoms with van der Waals surface area (Å²) >= 11 is 11.7. The summed E-state index contributed by atoms with van der Waals surface area (Å²) in [6.07, 6.45) is 5.56. The second kappa shape index (κ2) is 13.5. The maximum atomic E-state index is 13.6. The average molecular weight is 483 g/mol. The van der Waals surface area contributed by atoms with Crippen LogP contribution in [-0.2, 0) is 9.59 Å². The molecule has 2 aromatic rings. The second-order valence-corrected chi connectivity index (χ2v) is 7.59. The van der Waals surface area contributed by atoms with Crippen molar-refractivity contribution >= 4 is 47.4 Å². The van der Waals surface area contributed by atoms with Crippen LogP contribution in [0.5, 0.6) is 0 Å². The van der Waals surface area contributed by atoms with E-state index in [4.69, 9.17) is 23.2 Å². The molecule has 0 saturated heterocycles. The Labute approximate surface area is 194 Å². The lowest BCUT2D eigenvalue weighted by atomic mass is 10.1. The van der Waals surface area contributed by atoms with E-state index in [9.17, 15) is 18.4 Å². The van der Waals surface area contributed by atoms with Crippen molar-refractivity contribution in [1.29, 1.82) is 0 Å². The third-order valence-corrected chi connectivity index (χ3v) is 4.98. The van der Waals surface area contributed by atoms with E-state index in [0.29, 0.717) is 12.8 Å². The summed E-state index contributed by atoms with van der Waals surface area (Å²) in [7, 11) is 0. The predicted octanol–water partition coefficient (Wildman–Crippen LogP) is 5.21. The monoisotopic (exact) mass is 482 g/mol. The third kappa shape index (κ3) is 8.72. The molecule has 0 fully saturated rings. The molecule has 2 rings (SSSR count). The van der Waals surface area contributed by atoms with Gasteiger partial charge in [0.25, 0.3) is 0 Å². The van der Waals surface area contributed by atoms with Gasteiger partial charge < -0.3 is 0 Å². The summed E-state index contributed by atoms with van der Waals surface area (Å²) in [5, 5.41) is 7.84. The van der Waals surface area contributed by atoms with E-state index < -0.39 is 11.6 Å². The number of benzene rings is 2. The van der Waals surface area contributed by atoms with Gasteiger partial charge in [0.2, 0.25) is 11.8 Å². The van der Waals surface area contributed by atoms with Gasteiger partial charge in [-0.15, -0.1) is 0 Å². The highest BCUT2D eigenvalue weighted by atomic mass is 35.5. The highest BCUT2D eigenvalue weighted by molar-refractivity contribution is 6.33. The molecule has 0 atom stereocenters. The van der Waals surface area contributed by atoms with E-state index in [-0.39, 0.29) is 45.8 Å². The molecule has 0 heterocycles. The highest BCUT2D eigenvalue weighted by Gasteiger charge is 2.06. The first kappa shape index (κ1) is 25.4. The smallest absolute Gasteiger partial charge is 0.240 e. The number of rotatable bonds is 11. The topological polar surface area (TPSA) is 82.9 Å². The van der Waals surface area contributed by atoms with Crippen molar-refractivity contribution < 1.29 is 18.4 Å². The summed E-state index contributed by atoms with van der Waals surface area (Å²) < 4.78 is 27.2. The van der Waals surface area contributed by atoms with Crippen molar-refractivity contribution in [2.24, 2.45) is 10.2 Å². The van der Waals surface area contributed by atoms with Gasteiger partial charge in [-0.1, -0.05) is 48.2 Å². The first-order valence-electron chi connectivity index (χ1n) is 9.90. The lowest BCUT2D eigenvalue weighted by molar-refractivity contribution is -0.122. The van der Waals surface area contributed by atoms with Crippen LogP contribution >= 0.6 is 23.2 Å². The number of hydrogen-bond donors (Lipinski definition) is 2. The predicted molar refractivity (Wildman–Crippen MR) is 122 cm³/mol. The zero-order valence-electron chi connectivity index (χ0n) is 17.1. The summed E-state index contributed by atoms with van der Waals surface area (Å²) in [6, 6.07) is 8.51. The van der Waals surface area contributed by atoms with E-state index in [1.807, 2.05) is 0 Å². The molecule has 6 nitrogen and oxygen atoms in total. The van der Waals surface area contributed by atoms with Gasteiger partial charge in [-0.2, -0.15) is 10.2 Å². The standard InChI is InChI=1S/C22H22Cl2F2N4O2/c23-17-7-5-9-19(25)15(17)13-27-29-21(31)11-3-1-2-4-12-22(32)30-28-14-16-18(24)8-6-10-20(16)26/h5-10,13-14H,1-4,11-12H2,(H,29,31)(H,30,32). The molecule has 0 aliphatic heterocycles. The van der Waals surface area contributed by atoms with Crippen LogP contribution < -0.4 is 10.9 Å². The minimum absolute atomic E-state index is 0.106. The van der Waals surface area contributed by atoms with Gasteiger partial charge in [0.15, 0.2) is 0 Å². The normalized spacial score (nSPS) is 11.2. The summed E-state index contributed by atoms with van der Waals surface area (Å²) in [5.41, 5.74) is 4.87. The number of carbonyl (C=O) groups excluding carboxylic acids is 2. The van der Waals surface area contributed by atoms with Gasteiger partial charge in [-0.25, -0.2) is 19.6 Å². The third-order valence-electron chi connectivity index (χ3n) is 4.32. The van der Waals surface area contributed by atoms with Crippen molar-refractivity contribution in [2.45, 2.75) is 38.5 Å². The van der Waals surface area contributed by atoms with E-state index in [1.54, 1.807) is 0 Å². The number of nitrogens with one attached hydrogen (secondary N) is 2. The second-order valence-electron chi connectivity index (χ2n) is 6.77. The Hall–Kier alpha value is -2.84. The molecule has 2 N–H and O–H groups in total. The van der Waals surface area contributed by atoms with Crippen LogP contribution in [0.2, 0.25) is 10.0 Å². The van der Waals surface area contributed by atoms with Crippen molar-refractivity contribution in [3.8, 4) is 0 Å². The highest BCUT2D eigenvalue weighted by Crippen LogP contribution is 2.17. The van der Waals surface area contributed by atoms with Gasteiger partial charge in [0, 0.05) is 24.0 Å². The average Bonchev–Trinajstić information content (AvgIpc) is 2.75. The molecule has 0 unspecified atom stereocenters. The number of hydrazone groups is 2. The first-order valence-corrected chi connectivity index (χ1v) is 10.7. The van der Waals surface area contributed by atoms with E-state index >= 15 is 0 Å². The molecule has 0 aliphatic carbocycles. The Morgan fingerprint density at radius 1 is 0.750 bits per heavy atom. The number of hydrogen-bond acceptors (Lipinski definition) is 4. The first-order chi connectivity index (χ1) is 15.4. The molecule has 0 radical (unpaired) electrons. The summed E-state index contributed by atoms with van der Waals surface area (Å²) in [4.78, 5) is 23.5. The van der Waals surface area contributed by atoms with Gasteiger partial charge in [0.1, 0.15) is 11.6 Å². The molecule has 0 spiro atoms. The fourth-order valence-corrected chi connectivity index (χ4v) is 3.07. The van der Waals surface area contributed by atoms with Crippen LogP contribution in [0.4, 0.5) is 8.78 Å². The fraction of sp³-hybridized carbons (Fsp3) is 0.273. The summed E-state index contributed by atoms with van der Waals surface area (Å²) in [5.74, 6) is -1.65. The molecule has 10 heteroatoms. The molecule has 170 valence electrons. The zero-order valence-corrected chi connectivity index (χ0v) is 18.6. The van der Waals surface area contributed by atoms with E-state index in [1.165, 1.54) is 36.4 Å². The van der Waals surface area contributed by atoms with Crippen molar-refractivity contribution in [1.82, 2.24) is 10.9 Å². The quantitative estimate of drug-likeness (QED) is 0.261. The maximum Gasteiger partial charge on any atom is 0.240 e. The lowest BCUT2D eigenvalue weighted by Gasteiger charge is -2.03. The minimum atomic E-state index is -0.527. The van der Waals surface area contributed by atoms with Gasteiger partial charge in [0.05, 0.1) is 22.5 Å². The Balaban J connectivity index is 1.57. The van der Waals surface area contributed by atoms with E-state index in [2.05, 4.69) is 21.1 Å². The van der Waals surface area contributed by atoms with Crippen LogP contribution in [0.3, 0.4) is 0 Å². The molecule has 2 aromatic carbocycles. The Morgan fingerprint density at radius 2 is 1.16 bits per heavy atom. The zero-order chi connectivity index (χ0) is 23.3.